The molecule has 1 N–H and O–H groups in total. The van der Waals surface area contributed by atoms with E-state index in [1.807, 2.05) is 13.8 Å². The second-order valence-corrected chi connectivity index (χ2v) is 3.59. The number of benzene rings is 1. The van der Waals surface area contributed by atoms with E-state index in [0.717, 1.165) is 0 Å². The number of hydrogen-bond donors (Lipinski definition) is 1. The molecule has 0 spiro atoms. The molecule has 5 heteroatoms. The minimum absolute atomic E-state index is 0.0599. The molecule has 90 valence electrons. The fourth-order valence-corrected chi connectivity index (χ4v) is 1.18. The third-order valence-corrected chi connectivity index (χ3v) is 1.86. The van der Waals surface area contributed by atoms with Gasteiger partial charge in [0.05, 0.1) is 12.7 Å². The van der Waals surface area contributed by atoms with Crippen LogP contribution >= 0.6 is 0 Å². The molecule has 0 saturated carbocycles. The standard InChI is InChI=1S/C11H14F3NO/c1-7(2)16-4-3-15-11-9(13)5-8(12)6-10(11)14/h5-7,15H,3-4H2,1-2H3. The molecule has 0 unspecified atom stereocenters. The molecule has 1 aromatic rings. The van der Waals surface area contributed by atoms with Crippen LogP contribution < -0.4 is 5.32 Å². The number of rotatable bonds is 5. The van der Waals surface area contributed by atoms with E-state index < -0.39 is 17.5 Å². The lowest BCUT2D eigenvalue weighted by atomic mass is 10.3. The van der Waals surface area contributed by atoms with Crippen molar-refractivity contribution in [1.29, 1.82) is 0 Å². The maximum atomic E-state index is 13.1. The molecular formula is C11H14F3NO. The van der Waals surface area contributed by atoms with Crippen LogP contribution in [0.1, 0.15) is 13.8 Å². The highest BCUT2D eigenvalue weighted by Gasteiger charge is 2.10. The molecular weight excluding hydrogens is 219 g/mol. The Labute approximate surface area is 92.4 Å². The zero-order chi connectivity index (χ0) is 12.1. The highest BCUT2D eigenvalue weighted by Crippen LogP contribution is 2.19. The van der Waals surface area contributed by atoms with Crippen LogP contribution in [0.25, 0.3) is 0 Å². The Morgan fingerprint density at radius 2 is 1.75 bits per heavy atom. The van der Waals surface area contributed by atoms with Crippen LogP contribution in [-0.2, 0) is 4.74 Å². The van der Waals surface area contributed by atoms with Gasteiger partial charge in [0, 0.05) is 18.7 Å². The SMILES string of the molecule is CC(C)OCCNc1c(F)cc(F)cc1F. The maximum Gasteiger partial charge on any atom is 0.152 e. The molecule has 0 aliphatic carbocycles. The van der Waals surface area contributed by atoms with Crippen molar-refractivity contribution >= 4 is 5.69 Å². The fraction of sp³-hybridized carbons (Fsp3) is 0.455. The van der Waals surface area contributed by atoms with Gasteiger partial charge in [0.25, 0.3) is 0 Å². The van der Waals surface area contributed by atoms with Gasteiger partial charge in [0.1, 0.15) is 11.5 Å². The molecule has 0 heterocycles. The summed E-state index contributed by atoms with van der Waals surface area (Å²) < 4.78 is 44.0. The molecule has 0 bridgehead atoms. The molecule has 0 aliphatic rings. The summed E-state index contributed by atoms with van der Waals surface area (Å²) in [6, 6.07) is 1.27. The number of anilines is 1. The van der Waals surface area contributed by atoms with Crippen molar-refractivity contribution in [3.05, 3.63) is 29.6 Å². The van der Waals surface area contributed by atoms with Gasteiger partial charge in [-0.05, 0) is 13.8 Å². The third-order valence-electron chi connectivity index (χ3n) is 1.86. The second kappa shape index (κ2) is 5.75. The van der Waals surface area contributed by atoms with Crippen LogP contribution in [0.3, 0.4) is 0 Å². The van der Waals surface area contributed by atoms with E-state index in [-0.39, 0.29) is 18.3 Å². The van der Waals surface area contributed by atoms with Crippen LogP contribution in [0, 0.1) is 17.5 Å². The van der Waals surface area contributed by atoms with Gasteiger partial charge in [-0.2, -0.15) is 0 Å². The third kappa shape index (κ3) is 3.73. The Hall–Kier alpha value is -1.23. The van der Waals surface area contributed by atoms with Crippen LogP contribution in [0.4, 0.5) is 18.9 Å². The van der Waals surface area contributed by atoms with E-state index in [1.165, 1.54) is 0 Å². The van der Waals surface area contributed by atoms with Crippen LogP contribution in [0.5, 0.6) is 0 Å². The molecule has 0 saturated heterocycles. The Morgan fingerprint density at radius 1 is 1.19 bits per heavy atom. The van der Waals surface area contributed by atoms with E-state index in [9.17, 15) is 13.2 Å². The summed E-state index contributed by atoms with van der Waals surface area (Å²) in [5.41, 5.74) is -0.325. The Kier molecular flexibility index (Phi) is 4.61. The number of nitrogens with one attached hydrogen (secondary N) is 1. The molecule has 1 aromatic carbocycles. The van der Waals surface area contributed by atoms with Gasteiger partial charge in [0.2, 0.25) is 0 Å². The zero-order valence-electron chi connectivity index (χ0n) is 9.19. The van der Waals surface area contributed by atoms with Crippen molar-refractivity contribution in [1.82, 2.24) is 0 Å². The first-order valence-corrected chi connectivity index (χ1v) is 5.00. The lowest BCUT2D eigenvalue weighted by Gasteiger charge is -2.10. The molecule has 0 amide bonds. The molecule has 0 radical (unpaired) electrons. The Bertz CT molecular complexity index is 332. The van der Waals surface area contributed by atoms with Crippen molar-refractivity contribution in [2.75, 3.05) is 18.5 Å². The van der Waals surface area contributed by atoms with E-state index in [1.54, 1.807) is 0 Å². The summed E-state index contributed by atoms with van der Waals surface area (Å²) in [6.45, 7) is 4.31. The van der Waals surface area contributed by atoms with Crippen LogP contribution in [0.2, 0.25) is 0 Å². The maximum absolute atomic E-state index is 13.1. The van der Waals surface area contributed by atoms with Gasteiger partial charge in [-0.3, -0.25) is 0 Å². The first-order valence-electron chi connectivity index (χ1n) is 5.00. The highest BCUT2D eigenvalue weighted by atomic mass is 19.1. The van der Waals surface area contributed by atoms with Gasteiger partial charge < -0.3 is 10.1 Å². The number of hydrogen-bond acceptors (Lipinski definition) is 2. The first-order chi connectivity index (χ1) is 7.50. The Morgan fingerprint density at radius 3 is 2.25 bits per heavy atom. The predicted octanol–water partition coefficient (Wildman–Crippen LogP) is 2.94. The number of halogens is 3. The molecule has 2 nitrogen and oxygen atoms in total. The van der Waals surface area contributed by atoms with E-state index in [4.69, 9.17) is 4.74 Å². The number of ether oxygens (including phenoxy) is 1. The monoisotopic (exact) mass is 233 g/mol. The quantitative estimate of drug-likeness (QED) is 0.789. The van der Waals surface area contributed by atoms with Crippen LogP contribution in [0.15, 0.2) is 12.1 Å². The summed E-state index contributed by atoms with van der Waals surface area (Å²) in [5, 5.41) is 2.52. The summed E-state index contributed by atoms with van der Waals surface area (Å²) in [5.74, 6) is -2.82. The van der Waals surface area contributed by atoms with Gasteiger partial charge in [-0.25, -0.2) is 13.2 Å². The average molecular weight is 233 g/mol. The van der Waals surface area contributed by atoms with Crippen molar-refractivity contribution in [3.63, 3.8) is 0 Å². The van der Waals surface area contributed by atoms with E-state index in [2.05, 4.69) is 5.32 Å². The summed E-state index contributed by atoms with van der Waals surface area (Å²) >= 11 is 0. The molecule has 0 fully saturated rings. The summed E-state index contributed by atoms with van der Waals surface area (Å²) in [7, 11) is 0. The summed E-state index contributed by atoms with van der Waals surface area (Å²) in [6.07, 6.45) is 0.0599. The average Bonchev–Trinajstić information content (AvgIpc) is 2.14. The van der Waals surface area contributed by atoms with Crippen molar-refractivity contribution < 1.29 is 17.9 Å². The first kappa shape index (κ1) is 12.8. The minimum atomic E-state index is -0.943. The minimum Gasteiger partial charge on any atom is -0.378 e. The van der Waals surface area contributed by atoms with Gasteiger partial charge in [-0.15, -0.1) is 0 Å². The normalized spacial score (nSPS) is 10.9. The van der Waals surface area contributed by atoms with Crippen molar-refractivity contribution in [2.45, 2.75) is 20.0 Å². The molecule has 0 aromatic heterocycles. The van der Waals surface area contributed by atoms with Crippen molar-refractivity contribution in [3.8, 4) is 0 Å². The smallest absolute Gasteiger partial charge is 0.152 e. The summed E-state index contributed by atoms with van der Waals surface area (Å²) in [4.78, 5) is 0. The van der Waals surface area contributed by atoms with E-state index >= 15 is 0 Å². The molecule has 0 atom stereocenters. The van der Waals surface area contributed by atoms with Gasteiger partial charge in [0.15, 0.2) is 11.6 Å². The highest BCUT2D eigenvalue weighted by molar-refractivity contribution is 5.46. The molecule has 1 rings (SSSR count). The van der Waals surface area contributed by atoms with Crippen molar-refractivity contribution in [2.24, 2.45) is 0 Å². The lowest BCUT2D eigenvalue weighted by Crippen LogP contribution is -2.14. The fourth-order valence-electron chi connectivity index (χ4n) is 1.18. The Balaban J connectivity index is 2.54. The van der Waals surface area contributed by atoms with Gasteiger partial charge >= 0.3 is 0 Å². The molecule has 0 aliphatic heterocycles. The topological polar surface area (TPSA) is 21.3 Å². The van der Waals surface area contributed by atoms with E-state index in [0.29, 0.717) is 18.7 Å². The van der Waals surface area contributed by atoms with Gasteiger partial charge in [-0.1, -0.05) is 0 Å². The second-order valence-electron chi connectivity index (χ2n) is 3.59. The largest absolute Gasteiger partial charge is 0.378 e. The lowest BCUT2D eigenvalue weighted by molar-refractivity contribution is 0.0870. The molecule has 16 heavy (non-hydrogen) atoms. The zero-order valence-corrected chi connectivity index (χ0v) is 9.19. The van der Waals surface area contributed by atoms with Crippen LogP contribution in [-0.4, -0.2) is 19.3 Å². The predicted molar refractivity (Wildman–Crippen MR) is 55.9 cm³/mol.